The Morgan fingerprint density at radius 2 is 2.31 bits per heavy atom. The molecule has 90 valence electrons. The van der Waals surface area contributed by atoms with Gasteiger partial charge in [0.25, 0.3) is 0 Å². The van der Waals surface area contributed by atoms with E-state index >= 15 is 0 Å². The van der Waals surface area contributed by atoms with Crippen LogP contribution in [0.25, 0.3) is 0 Å². The summed E-state index contributed by atoms with van der Waals surface area (Å²) in [7, 11) is 1.99. The van der Waals surface area contributed by atoms with Crippen molar-refractivity contribution in [3.8, 4) is 0 Å². The number of rotatable bonds is 5. The molecule has 2 heterocycles. The lowest BCUT2D eigenvalue weighted by Crippen LogP contribution is -2.32. The van der Waals surface area contributed by atoms with Crippen LogP contribution in [0.4, 0.5) is 0 Å². The number of ether oxygens (including phenoxy) is 2. The fraction of sp³-hybridized carbons (Fsp3) is 0.636. The van der Waals surface area contributed by atoms with Crippen LogP contribution in [0.2, 0.25) is 0 Å². The lowest BCUT2D eigenvalue weighted by Gasteiger charge is -2.18. The molecule has 1 fully saturated rings. The van der Waals surface area contributed by atoms with Crippen LogP contribution >= 0.6 is 27.3 Å². The maximum atomic E-state index is 5.46. The quantitative estimate of drug-likeness (QED) is 0.906. The van der Waals surface area contributed by atoms with Gasteiger partial charge in [-0.2, -0.15) is 0 Å². The molecule has 0 aromatic carbocycles. The molecule has 1 N–H and O–H groups in total. The van der Waals surface area contributed by atoms with Crippen molar-refractivity contribution >= 4 is 27.3 Å². The standard InChI is InChI=1S/C11H16BrNO2S/c1-13-8(7-11-14-3-4-15-11)6-10-9(12)2-5-16-10/h2,5,8,11,13H,3-4,6-7H2,1H3. The largest absolute Gasteiger partial charge is 0.350 e. The number of hydrogen-bond donors (Lipinski definition) is 1. The summed E-state index contributed by atoms with van der Waals surface area (Å²) in [5, 5.41) is 5.43. The Morgan fingerprint density at radius 1 is 1.56 bits per heavy atom. The van der Waals surface area contributed by atoms with Crippen molar-refractivity contribution < 1.29 is 9.47 Å². The summed E-state index contributed by atoms with van der Waals surface area (Å²) >= 11 is 5.34. The molecule has 5 heteroatoms. The first kappa shape index (κ1) is 12.5. The normalized spacial score (nSPS) is 19.1. The molecule has 1 aliphatic rings. The average Bonchev–Trinajstić information content (AvgIpc) is 2.90. The number of nitrogens with one attached hydrogen (secondary N) is 1. The second-order valence-electron chi connectivity index (χ2n) is 3.79. The van der Waals surface area contributed by atoms with E-state index < -0.39 is 0 Å². The Balaban J connectivity index is 1.87. The van der Waals surface area contributed by atoms with Crippen molar-refractivity contribution in [1.82, 2.24) is 5.32 Å². The second kappa shape index (κ2) is 6.12. The van der Waals surface area contributed by atoms with E-state index in [2.05, 4.69) is 32.7 Å². The van der Waals surface area contributed by atoms with Crippen molar-refractivity contribution in [2.24, 2.45) is 0 Å². The average molecular weight is 306 g/mol. The first-order valence-electron chi connectivity index (χ1n) is 5.42. The Labute approximate surface area is 108 Å². The van der Waals surface area contributed by atoms with Gasteiger partial charge in [-0.15, -0.1) is 11.3 Å². The van der Waals surface area contributed by atoms with Gasteiger partial charge in [-0.05, 0) is 40.8 Å². The minimum atomic E-state index is -0.0313. The molecule has 0 bridgehead atoms. The van der Waals surface area contributed by atoms with Gasteiger partial charge >= 0.3 is 0 Å². The van der Waals surface area contributed by atoms with Gasteiger partial charge in [-0.25, -0.2) is 0 Å². The van der Waals surface area contributed by atoms with Crippen LogP contribution in [0, 0.1) is 0 Å². The highest BCUT2D eigenvalue weighted by molar-refractivity contribution is 9.10. The van der Waals surface area contributed by atoms with E-state index in [1.807, 2.05) is 7.05 Å². The summed E-state index contributed by atoms with van der Waals surface area (Å²) in [4.78, 5) is 1.37. The van der Waals surface area contributed by atoms with E-state index in [-0.39, 0.29) is 6.29 Å². The van der Waals surface area contributed by atoms with Crippen molar-refractivity contribution in [2.75, 3.05) is 20.3 Å². The number of halogens is 1. The topological polar surface area (TPSA) is 30.5 Å². The van der Waals surface area contributed by atoms with E-state index in [9.17, 15) is 0 Å². The molecule has 1 saturated heterocycles. The van der Waals surface area contributed by atoms with Crippen molar-refractivity contribution in [3.63, 3.8) is 0 Å². The summed E-state index contributed by atoms with van der Waals surface area (Å²) in [6.45, 7) is 1.45. The Morgan fingerprint density at radius 3 is 2.88 bits per heavy atom. The number of hydrogen-bond acceptors (Lipinski definition) is 4. The first-order valence-corrected chi connectivity index (χ1v) is 7.09. The molecule has 3 nitrogen and oxygen atoms in total. The maximum Gasteiger partial charge on any atom is 0.159 e. The highest BCUT2D eigenvalue weighted by atomic mass is 79.9. The van der Waals surface area contributed by atoms with Crippen LogP contribution in [0.1, 0.15) is 11.3 Å². The molecule has 1 unspecified atom stereocenters. The maximum absolute atomic E-state index is 5.46. The van der Waals surface area contributed by atoms with E-state index in [1.54, 1.807) is 11.3 Å². The zero-order valence-corrected chi connectivity index (χ0v) is 11.6. The molecule has 1 aromatic rings. The smallest absolute Gasteiger partial charge is 0.159 e. The molecule has 1 atom stereocenters. The van der Waals surface area contributed by atoms with Gasteiger partial charge in [0.05, 0.1) is 13.2 Å². The molecule has 0 amide bonds. The molecule has 16 heavy (non-hydrogen) atoms. The number of likely N-dealkylation sites (N-methyl/N-ethyl adjacent to an activating group) is 1. The summed E-state index contributed by atoms with van der Waals surface area (Å²) in [6, 6.07) is 2.49. The second-order valence-corrected chi connectivity index (χ2v) is 5.64. The van der Waals surface area contributed by atoms with Gasteiger partial charge in [-0.3, -0.25) is 0 Å². The third-order valence-electron chi connectivity index (χ3n) is 2.70. The van der Waals surface area contributed by atoms with Gasteiger partial charge in [0.1, 0.15) is 0 Å². The highest BCUT2D eigenvalue weighted by Crippen LogP contribution is 2.25. The lowest BCUT2D eigenvalue weighted by atomic mass is 10.1. The zero-order valence-electron chi connectivity index (χ0n) is 9.24. The summed E-state index contributed by atoms with van der Waals surface area (Å²) < 4.78 is 12.1. The van der Waals surface area contributed by atoms with Crippen LogP contribution < -0.4 is 5.32 Å². The minimum absolute atomic E-state index is 0.0313. The number of thiophene rings is 1. The van der Waals surface area contributed by atoms with Crippen molar-refractivity contribution in [1.29, 1.82) is 0 Å². The summed E-state index contributed by atoms with van der Waals surface area (Å²) in [5.74, 6) is 0. The van der Waals surface area contributed by atoms with Crippen LogP contribution in [0.15, 0.2) is 15.9 Å². The molecular formula is C11H16BrNO2S. The lowest BCUT2D eigenvalue weighted by molar-refractivity contribution is -0.0522. The monoisotopic (exact) mass is 305 g/mol. The Bertz CT molecular complexity index is 326. The summed E-state index contributed by atoms with van der Waals surface area (Å²) in [6.07, 6.45) is 1.88. The minimum Gasteiger partial charge on any atom is -0.350 e. The van der Waals surface area contributed by atoms with Gasteiger partial charge in [-0.1, -0.05) is 0 Å². The molecule has 0 saturated carbocycles. The molecule has 1 aliphatic heterocycles. The van der Waals surface area contributed by atoms with E-state index in [0.717, 1.165) is 26.1 Å². The van der Waals surface area contributed by atoms with Crippen molar-refractivity contribution in [3.05, 3.63) is 20.8 Å². The highest BCUT2D eigenvalue weighted by Gasteiger charge is 2.21. The molecule has 2 rings (SSSR count). The van der Waals surface area contributed by atoms with Crippen LogP contribution in [-0.4, -0.2) is 32.6 Å². The molecular weight excluding hydrogens is 290 g/mol. The molecule has 1 aromatic heterocycles. The third kappa shape index (κ3) is 3.28. The van der Waals surface area contributed by atoms with Gasteiger partial charge < -0.3 is 14.8 Å². The first-order chi connectivity index (χ1) is 7.79. The fourth-order valence-electron chi connectivity index (χ4n) is 1.77. The molecule has 0 spiro atoms. The predicted octanol–water partition coefficient (Wildman–Crippen LogP) is 2.40. The Kier molecular flexibility index (Phi) is 4.79. The Hall–Kier alpha value is 0.0600. The van der Waals surface area contributed by atoms with Crippen LogP contribution in [0.3, 0.4) is 0 Å². The van der Waals surface area contributed by atoms with E-state index in [0.29, 0.717) is 6.04 Å². The molecule has 0 aliphatic carbocycles. The van der Waals surface area contributed by atoms with Gasteiger partial charge in [0, 0.05) is 21.8 Å². The van der Waals surface area contributed by atoms with E-state index in [1.165, 1.54) is 9.35 Å². The van der Waals surface area contributed by atoms with Crippen LogP contribution in [0.5, 0.6) is 0 Å². The van der Waals surface area contributed by atoms with Gasteiger partial charge in [0.2, 0.25) is 0 Å². The molecule has 0 radical (unpaired) electrons. The predicted molar refractivity (Wildman–Crippen MR) is 68.9 cm³/mol. The third-order valence-corrected chi connectivity index (χ3v) is 4.65. The SMILES string of the molecule is CNC(Cc1sccc1Br)CC1OCCO1. The fourth-order valence-corrected chi connectivity index (χ4v) is 3.37. The van der Waals surface area contributed by atoms with E-state index in [4.69, 9.17) is 9.47 Å². The van der Waals surface area contributed by atoms with Crippen LogP contribution in [-0.2, 0) is 15.9 Å². The summed E-state index contributed by atoms with van der Waals surface area (Å²) in [5.41, 5.74) is 0. The van der Waals surface area contributed by atoms with Crippen molar-refractivity contribution in [2.45, 2.75) is 25.2 Å². The van der Waals surface area contributed by atoms with Gasteiger partial charge in [0.15, 0.2) is 6.29 Å². The zero-order chi connectivity index (χ0) is 11.4.